The zero-order valence-corrected chi connectivity index (χ0v) is 9.14. The number of carbonyl (C=O) groups is 1. The van der Waals surface area contributed by atoms with E-state index < -0.39 is 6.10 Å². The van der Waals surface area contributed by atoms with Crippen LogP contribution in [0.4, 0.5) is 0 Å². The van der Waals surface area contributed by atoms with Gasteiger partial charge in [0, 0.05) is 18.3 Å². The predicted molar refractivity (Wildman–Crippen MR) is 53.7 cm³/mol. The molecule has 0 aromatic rings. The lowest BCUT2D eigenvalue weighted by atomic mass is 10.1. The third-order valence-corrected chi connectivity index (χ3v) is 2.40. The number of carbonyl (C=O) groups excluding carboxylic acids is 1. The minimum atomic E-state index is -0.480. The zero-order chi connectivity index (χ0) is 10.4. The highest BCUT2D eigenvalue weighted by atomic mass is 35.5. The highest BCUT2D eigenvalue weighted by Gasteiger charge is 2.14. The third-order valence-electron chi connectivity index (χ3n) is 1.93. The van der Waals surface area contributed by atoms with Gasteiger partial charge in [-0.2, -0.15) is 0 Å². The number of hydrogen-bond donors (Lipinski definition) is 2. The van der Waals surface area contributed by atoms with Crippen LogP contribution in [-0.4, -0.2) is 29.5 Å². The Morgan fingerprint density at radius 2 is 2.00 bits per heavy atom. The van der Waals surface area contributed by atoms with E-state index in [9.17, 15) is 9.90 Å². The van der Waals surface area contributed by atoms with E-state index in [1.807, 2.05) is 13.8 Å². The SMILES string of the molecule is CC(CCl)C(=O)NCC(O)C(C)C. The van der Waals surface area contributed by atoms with E-state index >= 15 is 0 Å². The molecule has 0 saturated carbocycles. The minimum Gasteiger partial charge on any atom is -0.391 e. The molecule has 0 aliphatic rings. The molecule has 2 unspecified atom stereocenters. The van der Waals surface area contributed by atoms with E-state index in [0.717, 1.165) is 0 Å². The Balaban J connectivity index is 3.70. The van der Waals surface area contributed by atoms with Gasteiger partial charge < -0.3 is 10.4 Å². The molecule has 0 bridgehead atoms. The Hall–Kier alpha value is -0.280. The van der Waals surface area contributed by atoms with Gasteiger partial charge in [0.15, 0.2) is 0 Å². The van der Waals surface area contributed by atoms with Crippen molar-refractivity contribution in [3.63, 3.8) is 0 Å². The molecule has 4 heteroatoms. The molecule has 0 spiro atoms. The summed E-state index contributed by atoms with van der Waals surface area (Å²) < 4.78 is 0. The van der Waals surface area contributed by atoms with Crippen molar-refractivity contribution in [3.05, 3.63) is 0 Å². The smallest absolute Gasteiger partial charge is 0.224 e. The van der Waals surface area contributed by atoms with E-state index in [0.29, 0.717) is 12.4 Å². The lowest BCUT2D eigenvalue weighted by molar-refractivity contribution is -0.124. The van der Waals surface area contributed by atoms with Gasteiger partial charge in [-0.25, -0.2) is 0 Å². The summed E-state index contributed by atoms with van der Waals surface area (Å²) in [5.74, 6) is 0.172. The largest absolute Gasteiger partial charge is 0.391 e. The molecule has 0 aromatic heterocycles. The summed E-state index contributed by atoms with van der Waals surface area (Å²) in [6.45, 7) is 5.87. The van der Waals surface area contributed by atoms with Crippen molar-refractivity contribution in [2.45, 2.75) is 26.9 Å². The number of amides is 1. The van der Waals surface area contributed by atoms with Gasteiger partial charge in [0.2, 0.25) is 5.91 Å². The molecule has 0 aromatic carbocycles. The minimum absolute atomic E-state index is 0.102. The topological polar surface area (TPSA) is 49.3 Å². The average molecular weight is 208 g/mol. The van der Waals surface area contributed by atoms with Gasteiger partial charge >= 0.3 is 0 Å². The second kappa shape index (κ2) is 6.22. The van der Waals surface area contributed by atoms with Crippen LogP contribution in [0.25, 0.3) is 0 Å². The number of rotatable bonds is 5. The van der Waals surface area contributed by atoms with Crippen molar-refractivity contribution >= 4 is 17.5 Å². The number of hydrogen-bond acceptors (Lipinski definition) is 2. The van der Waals surface area contributed by atoms with Crippen LogP contribution >= 0.6 is 11.6 Å². The van der Waals surface area contributed by atoms with Gasteiger partial charge in [0.05, 0.1) is 6.10 Å². The first kappa shape index (κ1) is 12.7. The lowest BCUT2D eigenvalue weighted by Gasteiger charge is -2.16. The second-order valence-corrected chi connectivity index (χ2v) is 3.92. The fourth-order valence-corrected chi connectivity index (χ4v) is 0.825. The summed E-state index contributed by atoms with van der Waals surface area (Å²) in [4.78, 5) is 11.2. The maximum atomic E-state index is 11.2. The Bertz CT molecular complexity index is 162. The first-order valence-corrected chi connectivity index (χ1v) is 5.04. The molecule has 0 heterocycles. The Kier molecular flexibility index (Phi) is 6.08. The van der Waals surface area contributed by atoms with Crippen LogP contribution in [0.2, 0.25) is 0 Å². The summed E-state index contributed by atoms with van der Waals surface area (Å²) in [5.41, 5.74) is 0. The van der Waals surface area contributed by atoms with Gasteiger partial charge in [-0.3, -0.25) is 4.79 Å². The van der Waals surface area contributed by atoms with Gasteiger partial charge in [-0.1, -0.05) is 20.8 Å². The molecule has 78 valence electrons. The van der Waals surface area contributed by atoms with Crippen LogP contribution in [0.1, 0.15) is 20.8 Å². The first-order valence-electron chi connectivity index (χ1n) is 4.50. The van der Waals surface area contributed by atoms with E-state index in [1.165, 1.54) is 0 Å². The Morgan fingerprint density at radius 3 is 2.38 bits per heavy atom. The zero-order valence-electron chi connectivity index (χ0n) is 8.38. The van der Waals surface area contributed by atoms with E-state index in [-0.39, 0.29) is 17.7 Å². The highest BCUT2D eigenvalue weighted by molar-refractivity contribution is 6.19. The van der Waals surface area contributed by atoms with Crippen molar-refractivity contribution < 1.29 is 9.90 Å². The monoisotopic (exact) mass is 207 g/mol. The molecule has 0 saturated heterocycles. The standard InChI is InChI=1S/C9H18ClNO2/c1-6(2)8(12)5-11-9(13)7(3)4-10/h6-8,12H,4-5H2,1-3H3,(H,11,13). The molecule has 0 radical (unpaired) electrons. The maximum absolute atomic E-state index is 11.2. The predicted octanol–water partition coefficient (Wildman–Crippen LogP) is 0.994. The van der Waals surface area contributed by atoms with Crippen molar-refractivity contribution in [3.8, 4) is 0 Å². The first-order chi connectivity index (χ1) is 5.99. The molecule has 0 fully saturated rings. The quantitative estimate of drug-likeness (QED) is 0.661. The summed E-state index contributed by atoms with van der Waals surface area (Å²) >= 11 is 5.50. The van der Waals surface area contributed by atoms with Crippen molar-refractivity contribution in [1.29, 1.82) is 0 Å². The average Bonchev–Trinajstić information content (AvgIpc) is 2.11. The van der Waals surface area contributed by atoms with Crippen molar-refractivity contribution in [1.82, 2.24) is 5.32 Å². The van der Waals surface area contributed by atoms with Crippen molar-refractivity contribution in [2.75, 3.05) is 12.4 Å². The number of alkyl halides is 1. The molecule has 0 rings (SSSR count). The summed E-state index contributed by atoms with van der Waals surface area (Å²) in [6, 6.07) is 0. The summed E-state index contributed by atoms with van der Waals surface area (Å²) in [5, 5.41) is 12.0. The van der Waals surface area contributed by atoms with Crippen LogP contribution in [0.15, 0.2) is 0 Å². The molecule has 2 atom stereocenters. The Morgan fingerprint density at radius 1 is 1.46 bits per heavy atom. The van der Waals surface area contributed by atoms with Crippen LogP contribution in [0.3, 0.4) is 0 Å². The third kappa shape index (κ3) is 5.11. The van der Waals surface area contributed by atoms with Crippen molar-refractivity contribution in [2.24, 2.45) is 11.8 Å². The molecule has 0 aliphatic carbocycles. The van der Waals surface area contributed by atoms with Gasteiger partial charge in [-0.15, -0.1) is 11.6 Å². The van der Waals surface area contributed by atoms with E-state index in [1.54, 1.807) is 6.92 Å². The van der Waals surface area contributed by atoms with Gasteiger partial charge in [0.1, 0.15) is 0 Å². The molecule has 3 nitrogen and oxygen atoms in total. The normalized spacial score (nSPS) is 15.5. The number of nitrogens with one attached hydrogen (secondary N) is 1. The van der Waals surface area contributed by atoms with Gasteiger partial charge in [-0.05, 0) is 5.92 Å². The molecular weight excluding hydrogens is 190 g/mol. The second-order valence-electron chi connectivity index (χ2n) is 3.61. The molecule has 1 amide bonds. The van der Waals surface area contributed by atoms with E-state index in [2.05, 4.69) is 5.32 Å². The van der Waals surface area contributed by atoms with Crippen LogP contribution < -0.4 is 5.32 Å². The van der Waals surface area contributed by atoms with Gasteiger partial charge in [0.25, 0.3) is 0 Å². The van der Waals surface area contributed by atoms with E-state index in [4.69, 9.17) is 11.6 Å². The highest BCUT2D eigenvalue weighted by Crippen LogP contribution is 2.01. The molecule has 0 aliphatic heterocycles. The maximum Gasteiger partial charge on any atom is 0.224 e. The number of aliphatic hydroxyl groups excluding tert-OH is 1. The number of halogens is 1. The van der Waals surface area contributed by atoms with Crippen LogP contribution in [0.5, 0.6) is 0 Å². The molecule has 2 N–H and O–H groups in total. The summed E-state index contributed by atoms with van der Waals surface area (Å²) in [6.07, 6.45) is -0.480. The van der Waals surface area contributed by atoms with Crippen LogP contribution in [0, 0.1) is 11.8 Å². The van der Waals surface area contributed by atoms with Crippen LogP contribution in [-0.2, 0) is 4.79 Å². The summed E-state index contributed by atoms with van der Waals surface area (Å²) in [7, 11) is 0. The molecule has 13 heavy (non-hydrogen) atoms. The fraction of sp³-hybridized carbons (Fsp3) is 0.889. The molecular formula is C9H18ClNO2. The number of aliphatic hydroxyl groups is 1. The lowest BCUT2D eigenvalue weighted by Crippen LogP contribution is -2.37. The Labute approximate surface area is 84.5 Å². The fourth-order valence-electron chi connectivity index (χ4n) is 0.685.